The zero-order valence-corrected chi connectivity index (χ0v) is 16.6. The van der Waals surface area contributed by atoms with Crippen LogP contribution in [0.1, 0.15) is 20.9 Å². The minimum absolute atomic E-state index is 0.173. The van der Waals surface area contributed by atoms with Crippen molar-refractivity contribution in [2.45, 2.75) is 13.5 Å². The van der Waals surface area contributed by atoms with Gasteiger partial charge in [-0.15, -0.1) is 11.3 Å². The Morgan fingerprint density at radius 2 is 1.52 bits per heavy atom. The molecule has 1 heterocycles. The molecule has 4 aromatic rings. The van der Waals surface area contributed by atoms with Crippen LogP contribution < -0.4 is 9.84 Å². The van der Waals surface area contributed by atoms with Crippen LogP contribution in [-0.4, -0.2) is 11.0 Å². The largest absolute Gasteiger partial charge is 0.544 e. The molecule has 0 radical (unpaired) electrons. The SMILES string of the molecule is Cc1nc(-c2ccc(COc3ccc(-c4ccccc4)cc3)cc2)sc1C(=O)[O-]. The van der Waals surface area contributed by atoms with Crippen molar-refractivity contribution < 1.29 is 14.6 Å². The van der Waals surface area contributed by atoms with Gasteiger partial charge in [0.25, 0.3) is 0 Å². The third-order valence-corrected chi connectivity index (χ3v) is 5.74. The molecule has 0 saturated carbocycles. The highest BCUT2D eigenvalue weighted by Crippen LogP contribution is 2.28. The van der Waals surface area contributed by atoms with Crippen LogP contribution in [0, 0.1) is 6.92 Å². The van der Waals surface area contributed by atoms with Gasteiger partial charge in [0.05, 0.1) is 16.5 Å². The standard InChI is InChI=1S/C24H19NO3S/c1-16-22(24(26)27)29-23(25-16)20-9-7-17(8-10-20)15-28-21-13-11-19(12-14-21)18-5-3-2-4-6-18/h2-14H,15H2,1H3,(H,26,27)/p-1. The van der Waals surface area contributed by atoms with Gasteiger partial charge >= 0.3 is 0 Å². The Hall–Kier alpha value is -3.44. The van der Waals surface area contributed by atoms with E-state index >= 15 is 0 Å². The zero-order chi connectivity index (χ0) is 20.2. The summed E-state index contributed by atoms with van der Waals surface area (Å²) in [5.74, 6) is -0.377. The molecule has 0 saturated heterocycles. The summed E-state index contributed by atoms with van der Waals surface area (Å²) in [5, 5.41) is 11.8. The van der Waals surface area contributed by atoms with E-state index in [1.807, 2.05) is 66.7 Å². The number of hydrogen-bond donors (Lipinski definition) is 0. The fourth-order valence-electron chi connectivity index (χ4n) is 2.99. The Balaban J connectivity index is 1.40. The summed E-state index contributed by atoms with van der Waals surface area (Å²) in [4.78, 5) is 15.6. The number of ether oxygens (including phenoxy) is 1. The molecule has 5 heteroatoms. The van der Waals surface area contributed by atoms with E-state index in [1.165, 1.54) is 5.56 Å². The smallest absolute Gasteiger partial charge is 0.124 e. The van der Waals surface area contributed by atoms with Crippen molar-refractivity contribution in [1.29, 1.82) is 0 Å². The maximum Gasteiger partial charge on any atom is 0.124 e. The monoisotopic (exact) mass is 400 g/mol. The molecule has 3 aromatic carbocycles. The lowest BCUT2D eigenvalue weighted by molar-refractivity contribution is -0.254. The Bertz CT molecular complexity index is 1120. The van der Waals surface area contributed by atoms with Crippen LogP contribution in [0.15, 0.2) is 78.9 Å². The van der Waals surface area contributed by atoms with Gasteiger partial charge in [0, 0.05) is 5.56 Å². The molecular formula is C24H18NO3S-. The Morgan fingerprint density at radius 1 is 0.897 bits per heavy atom. The van der Waals surface area contributed by atoms with Gasteiger partial charge in [-0.3, -0.25) is 0 Å². The van der Waals surface area contributed by atoms with Crippen molar-refractivity contribution in [3.63, 3.8) is 0 Å². The summed E-state index contributed by atoms with van der Waals surface area (Å²) >= 11 is 1.13. The number of carbonyl (C=O) groups is 1. The highest BCUT2D eigenvalue weighted by molar-refractivity contribution is 7.17. The predicted molar refractivity (Wildman–Crippen MR) is 113 cm³/mol. The third kappa shape index (κ3) is 4.36. The number of rotatable bonds is 6. The number of hydrogen-bond acceptors (Lipinski definition) is 5. The maximum atomic E-state index is 11.1. The highest BCUT2D eigenvalue weighted by atomic mass is 32.1. The average Bonchev–Trinajstić information content (AvgIpc) is 3.16. The number of thiazole rings is 1. The molecule has 0 aliphatic heterocycles. The van der Waals surface area contributed by atoms with Gasteiger partial charge in [0.15, 0.2) is 0 Å². The molecule has 0 fully saturated rings. The Kier molecular flexibility index (Phi) is 5.40. The summed E-state index contributed by atoms with van der Waals surface area (Å²) in [6, 6.07) is 26.0. The lowest BCUT2D eigenvalue weighted by Gasteiger charge is -2.08. The van der Waals surface area contributed by atoms with Gasteiger partial charge in [-0.05, 0) is 35.7 Å². The van der Waals surface area contributed by atoms with Crippen LogP contribution in [0.2, 0.25) is 0 Å². The van der Waals surface area contributed by atoms with E-state index < -0.39 is 5.97 Å². The van der Waals surface area contributed by atoms with E-state index in [0.717, 1.165) is 33.8 Å². The summed E-state index contributed by atoms with van der Waals surface area (Å²) in [6.45, 7) is 2.13. The van der Waals surface area contributed by atoms with Gasteiger partial charge in [-0.25, -0.2) is 4.98 Å². The van der Waals surface area contributed by atoms with E-state index in [1.54, 1.807) is 6.92 Å². The minimum Gasteiger partial charge on any atom is -0.544 e. The second-order valence-electron chi connectivity index (χ2n) is 6.60. The number of carboxylic acid groups (broad SMARTS) is 1. The summed E-state index contributed by atoms with van der Waals surface area (Å²) < 4.78 is 5.88. The van der Waals surface area contributed by atoms with Crippen molar-refractivity contribution in [1.82, 2.24) is 4.98 Å². The molecule has 0 amide bonds. The molecule has 0 bridgehead atoms. The molecule has 0 spiro atoms. The average molecular weight is 400 g/mol. The first kappa shape index (κ1) is 18.9. The first-order valence-corrected chi connectivity index (χ1v) is 9.98. The molecule has 144 valence electrons. The van der Waals surface area contributed by atoms with Gasteiger partial charge in [-0.1, -0.05) is 66.7 Å². The number of benzene rings is 3. The molecule has 4 nitrogen and oxygen atoms in total. The minimum atomic E-state index is -1.19. The van der Waals surface area contributed by atoms with Crippen LogP contribution in [0.3, 0.4) is 0 Å². The highest BCUT2D eigenvalue weighted by Gasteiger charge is 2.10. The number of aromatic carboxylic acids is 1. The first-order chi connectivity index (χ1) is 14.1. The first-order valence-electron chi connectivity index (χ1n) is 9.16. The molecule has 1 aromatic heterocycles. The molecule has 0 unspecified atom stereocenters. The van der Waals surface area contributed by atoms with Gasteiger partial charge in [0.2, 0.25) is 0 Å². The molecule has 29 heavy (non-hydrogen) atoms. The second kappa shape index (κ2) is 8.29. The molecule has 0 aliphatic rings. The second-order valence-corrected chi connectivity index (χ2v) is 7.60. The summed E-state index contributed by atoms with van der Waals surface area (Å²) in [7, 11) is 0. The number of carboxylic acids is 1. The van der Waals surface area contributed by atoms with Gasteiger partial charge in [0.1, 0.15) is 17.4 Å². The van der Waals surface area contributed by atoms with Crippen molar-refractivity contribution in [2.75, 3.05) is 0 Å². The van der Waals surface area contributed by atoms with Crippen molar-refractivity contribution in [2.24, 2.45) is 0 Å². The van der Waals surface area contributed by atoms with Crippen LogP contribution in [0.5, 0.6) is 5.75 Å². The van der Waals surface area contributed by atoms with Crippen molar-refractivity contribution >= 4 is 17.3 Å². The zero-order valence-electron chi connectivity index (χ0n) is 15.8. The quantitative estimate of drug-likeness (QED) is 0.469. The lowest BCUT2D eigenvalue weighted by Crippen LogP contribution is -2.21. The molecule has 0 N–H and O–H groups in total. The normalized spacial score (nSPS) is 10.7. The Morgan fingerprint density at radius 3 is 2.14 bits per heavy atom. The fraction of sp³-hybridized carbons (Fsp3) is 0.0833. The number of aryl methyl sites for hydroxylation is 1. The van der Waals surface area contributed by atoms with E-state index in [-0.39, 0.29) is 4.88 Å². The van der Waals surface area contributed by atoms with Crippen LogP contribution in [0.25, 0.3) is 21.7 Å². The van der Waals surface area contributed by atoms with E-state index in [0.29, 0.717) is 17.3 Å². The van der Waals surface area contributed by atoms with Crippen LogP contribution >= 0.6 is 11.3 Å². The van der Waals surface area contributed by atoms with Crippen molar-refractivity contribution in [3.8, 4) is 27.4 Å². The Labute approximate surface area is 173 Å². The topological polar surface area (TPSA) is 62.2 Å². The number of carbonyl (C=O) groups excluding carboxylic acids is 1. The van der Waals surface area contributed by atoms with E-state index in [4.69, 9.17) is 4.74 Å². The number of nitrogens with zero attached hydrogens (tertiary/aromatic N) is 1. The summed E-state index contributed by atoms with van der Waals surface area (Å²) in [5.41, 5.74) is 4.71. The molecular weight excluding hydrogens is 382 g/mol. The summed E-state index contributed by atoms with van der Waals surface area (Å²) in [6.07, 6.45) is 0. The van der Waals surface area contributed by atoms with Crippen LogP contribution in [-0.2, 0) is 6.61 Å². The molecule has 0 aliphatic carbocycles. The fourth-order valence-corrected chi connectivity index (χ4v) is 3.90. The van der Waals surface area contributed by atoms with Gasteiger partial charge in [-0.2, -0.15) is 0 Å². The van der Waals surface area contributed by atoms with E-state index in [2.05, 4.69) is 17.1 Å². The maximum absolute atomic E-state index is 11.1. The lowest BCUT2D eigenvalue weighted by atomic mass is 10.1. The predicted octanol–water partition coefficient (Wildman–Crippen LogP) is 4.73. The van der Waals surface area contributed by atoms with Crippen LogP contribution in [0.4, 0.5) is 0 Å². The number of aromatic nitrogens is 1. The molecule has 4 rings (SSSR count). The third-order valence-electron chi connectivity index (χ3n) is 4.55. The van der Waals surface area contributed by atoms with Crippen molar-refractivity contribution in [3.05, 3.63) is 95.0 Å². The van der Waals surface area contributed by atoms with E-state index in [9.17, 15) is 9.90 Å². The van der Waals surface area contributed by atoms with Gasteiger partial charge < -0.3 is 14.6 Å². The molecule has 0 atom stereocenters.